The van der Waals surface area contributed by atoms with E-state index in [0.29, 0.717) is 10.7 Å². The van der Waals surface area contributed by atoms with Crippen molar-refractivity contribution < 1.29 is 0 Å². The first-order valence-electron chi connectivity index (χ1n) is 7.75. The van der Waals surface area contributed by atoms with Crippen LogP contribution in [0.15, 0.2) is 4.99 Å². The zero-order valence-corrected chi connectivity index (χ0v) is 16.3. The Kier molecular flexibility index (Phi) is 8.01. The van der Waals surface area contributed by atoms with Crippen LogP contribution in [0, 0.1) is 5.92 Å². The highest BCUT2D eigenvalue weighted by Gasteiger charge is 2.38. The average Bonchev–Trinajstić information content (AvgIpc) is 2.40. The smallest absolute Gasteiger partial charge is 0.193 e. The van der Waals surface area contributed by atoms with Gasteiger partial charge in [0.05, 0.1) is 0 Å². The maximum Gasteiger partial charge on any atom is 0.193 e. The van der Waals surface area contributed by atoms with Gasteiger partial charge in [-0.1, -0.05) is 33.1 Å². The summed E-state index contributed by atoms with van der Waals surface area (Å²) in [5.41, 5.74) is 0. The first-order valence-corrected chi connectivity index (χ1v) is 8.73. The molecule has 1 saturated carbocycles. The lowest BCUT2D eigenvalue weighted by Crippen LogP contribution is -2.53. The van der Waals surface area contributed by atoms with Crippen molar-refractivity contribution >= 4 is 41.7 Å². The highest BCUT2D eigenvalue weighted by Crippen LogP contribution is 2.42. The molecule has 0 unspecified atom stereocenters. The minimum Gasteiger partial charge on any atom is -0.356 e. The Labute approximate surface area is 145 Å². The van der Waals surface area contributed by atoms with E-state index < -0.39 is 0 Å². The molecule has 0 radical (unpaired) electrons. The van der Waals surface area contributed by atoms with Gasteiger partial charge in [-0.25, -0.2) is 0 Å². The number of nitrogens with zero attached hydrogens (tertiary/aromatic N) is 2. The molecule has 20 heavy (non-hydrogen) atoms. The molecule has 0 aromatic heterocycles. The summed E-state index contributed by atoms with van der Waals surface area (Å²) in [5, 5.41) is 3.53. The van der Waals surface area contributed by atoms with Gasteiger partial charge in [0.15, 0.2) is 5.96 Å². The third-order valence-electron chi connectivity index (χ3n) is 4.19. The SMILES string of the molecule is CN=C(NCC(C)C)N1CCSC2(CCCCC2)C1.I. The van der Waals surface area contributed by atoms with Gasteiger partial charge in [-0.2, -0.15) is 11.8 Å². The molecule has 3 nitrogen and oxygen atoms in total. The Morgan fingerprint density at radius 1 is 1.30 bits per heavy atom. The fraction of sp³-hybridized carbons (Fsp3) is 0.933. The highest BCUT2D eigenvalue weighted by atomic mass is 127. The second-order valence-corrected chi connectivity index (χ2v) is 7.90. The van der Waals surface area contributed by atoms with E-state index in [1.807, 2.05) is 7.05 Å². The maximum atomic E-state index is 4.48. The largest absolute Gasteiger partial charge is 0.356 e. The van der Waals surface area contributed by atoms with E-state index >= 15 is 0 Å². The van der Waals surface area contributed by atoms with Crippen molar-refractivity contribution in [3.05, 3.63) is 0 Å². The van der Waals surface area contributed by atoms with Crippen LogP contribution in [0.4, 0.5) is 0 Å². The van der Waals surface area contributed by atoms with Gasteiger partial charge < -0.3 is 10.2 Å². The lowest BCUT2D eigenvalue weighted by atomic mass is 9.87. The van der Waals surface area contributed by atoms with Crippen molar-refractivity contribution in [1.82, 2.24) is 10.2 Å². The molecular formula is C15H30IN3S. The molecule has 1 spiro atoms. The van der Waals surface area contributed by atoms with Crippen molar-refractivity contribution in [2.24, 2.45) is 10.9 Å². The van der Waals surface area contributed by atoms with E-state index in [-0.39, 0.29) is 24.0 Å². The third kappa shape index (κ3) is 4.97. The normalized spacial score (nSPS) is 22.8. The van der Waals surface area contributed by atoms with Crippen LogP contribution in [0.5, 0.6) is 0 Å². The first-order chi connectivity index (χ1) is 9.15. The van der Waals surface area contributed by atoms with Crippen molar-refractivity contribution in [2.75, 3.05) is 32.4 Å². The van der Waals surface area contributed by atoms with Gasteiger partial charge in [0.1, 0.15) is 0 Å². The second kappa shape index (κ2) is 8.71. The average molecular weight is 411 g/mol. The van der Waals surface area contributed by atoms with Crippen LogP contribution in [0.1, 0.15) is 46.0 Å². The number of halogens is 1. The lowest BCUT2D eigenvalue weighted by Gasteiger charge is -2.45. The Bertz CT molecular complexity index is 309. The van der Waals surface area contributed by atoms with Crippen molar-refractivity contribution in [2.45, 2.75) is 50.7 Å². The second-order valence-electron chi connectivity index (χ2n) is 6.34. The van der Waals surface area contributed by atoms with E-state index in [0.717, 1.165) is 19.0 Å². The fourth-order valence-electron chi connectivity index (χ4n) is 3.15. The van der Waals surface area contributed by atoms with E-state index in [9.17, 15) is 0 Å². The molecule has 0 aromatic carbocycles. The number of nitrogens with one attached hydrogen (secondary N) is 1. The molecule has 1 heterocycles. The minimum absolute atomic E-state index is 0. The zero-order valence-electron chi connectivity index (χ0n) is 13.2. The molecule has 118 valence electrons. The number of aliphatic imine (C=N–C) groups is 1. The fourth-order valence-corrected chi connectivity index (χ4v) is 4.72. The van der Waals surface area contributed by atoms with Gasteiger partial charge in [-0.15, -0.1) is 24.0 Å². The monoisotopic (exact) mass is 411 g/mol. The molecule has 0 amide bonds. The Morgan fingerprint density at radius 2 is 2.00 bits per heavy atom. The van der Waals surface area contributed by atoms with Crippen LogP contribution in [0.2, 0.25) is 0 Å². The van der Waals surface area contributed by atoms with E-state index in [1.165, 1.54) is 44.4 Å². The van der Waals surface area contributed by atoms with Crippen LogP contribution >= 0.6 is 35.7 Å². The van der Waals surface area contributed by atoms with Gasteiger partial charge in [0.25, 0.3) is 0 Å². The predicted molar refractivity (Wildman–Crippen MR) is 101 cm³/mol. The molecule has 0 atom stereocenters. The van der Waals surface area contributed by atoms with Gasteiger partial charge >= 0.3 is 0 Å². The summed E-state index contributed by atoms with van der Waals surface area (Å²) in [6.45, 7) is 7.84. The first kappa shape index (κ1) is 18.4. The summed E-state index contributed by atoms with van der Waals surface area (Å²) in [7, 11) is 1.91. The summed E-state index contributed by atoms with van der Waals surface area (Å²) >= 11 is 2.22. The molecule has 0 aromatic rings. The standard InChI is InChI=1S/C15H29N3S.HI/c1-13(2)11-17-14(16-3)18-9-10-19-15(12-18)7-5-4-6-8-15;/h13H,4-12H2,1-3H3,(H,16,17);1H. The predicted octanol–water partition coefficient (Wildman–Crippen LogP) is 3.59. The van der Waals surface area contributed by atoms with Crippen LogP contribution in [0.25, 0.3) is 0 Å². The minimum atomic E-state index is 0. The number of guanidine groups is 1. The van der Waals surface area contributed by atoms with Crippen LogP contribution in [-0.2, 0) is 0 Å². The lowest BCUT2D eigenvalue weighted by molar-refractivity contribution is 0.292. The molecule has 0 bridgehead atoms. The molecule has 5 heteroatoms. The molecule has 1 aliphatic carbocycles. The summed E-state index contributed by atoms with van der Waals surface area (Å²) in [6, 6.07) is 0. The van der Waals surface area contributed by atoms with Gasteiger partial charge in [0, 0.05) is 37.2 Å². The quantitative estimate of drug-likeness (QED) is 0.428. The summed E-state index contributed by atoms with van der Waals surface area (Å²) < 4.78 is 0.520. The Morgan fingerprint density at radius 3 is 2.60 bits per heavy atom. The summed E-state index contributed by atoms with van der Waals surface area (Å²) in [6.07, 6.45) is 7.06. The van der Waals surface area contributed by atoms with Crippen LogP contribution in [-0.4, -0.2) is 48.0 Å². The summed E-state index contributed by atoms with van der Waals surface area (Å²) in [5.74, 6) is 3.03. The van der Waals surface area contributed by atoms with Crippen LogP contribution in [0.3, 0.4) is 0 Å². The number of thioether (sulfide) groups is 1. The molecule has 1 saturated heterocycles. The van der Waals surface area contributed by atoms with Crippen LogP contribution < -0.4 is 5.32 Å². The topological polar surface area (TPSA) is 27.6 Å². The molecule has 2 aliphatic rings. The van der Waals surface area contributed by atoms with Gasteiger partial charge in [-0.3, -0.25) is 4.99 Å². The van der Waals surface area contributed by atoms with E-state index in [2.05, 4.69) is 40.8 Å². The maximum absolute atomic E-state index is 4.48. The molecule has 2 rings (SSSR count). The van der Waals surface area contributed by atoms with E-state index in [4.69, 9.17) is 0 Å². The van der Waals surface area contributed by atoms with Crippen molar-refractivity contribution in [3.8, 4) is 0 Å². The van der Waals surface area contributed by atoms with Gasteiger partial charge in [-0.05, 0) is 18.8 Å². The van der Waals surface area contributed by atoms with Gasteiger partial charge in [0.2, 0.25) is 0 Å². The van der Waals surface area contributed by atoms with Crippen molar-refractivity contribution in [1.29, 1.82) is 0 Å². The number of rotatable bonds is 2. The van der Waals surface area contributed by atoms with E-state index in [1.54, 1.807) is 0 Å². The van der Waals surface area contributed by atoms with Crippen molar-refractivity contribution in [3.63, 3.8) is 0 Å². The Hall–Kier alpha value is 0.350. The number of hydrogen-bond donors (Lipinski definition) is 1. The molecule has 1 aliphatic heterocycles. The molecule has 1 N–H and O–H groups in total. The summed E-state index contributed by atoms with van der Waals surface area (Å²) in [4.78, 5) is 6.97. The zero-order chi connectivity index (χ0) is 13.7. The molecule has 2 fully saturated rings. The Balaban J connectivity index is 0.00000200. The number of hydrogen-bond acceptors (Lipinski definition) is 2. The highest BCUT2D eigenvalue weighted by molar-refractivity contribution is 14.0. The third-order valence-corrected chi connectivity index (χ3v) is 5.73. The molecular weight excluding hydrogens is 381 g/mol.